The van der Waals surface area contributed by atoms with Crippen LogP contribution in [0.3, 0.4) is 0 Å². The second kappa shape index (κ2) is 6.71. The predicted octanol–water partition coefficient (Wildman–Crippen LogP) is 2.48. The number of benzene rings is 1. The van der Waals surface area contributed by atoms with Crippen LogP contribution >= 0.6 is 0 Å². The molecule has 2 aromatic heterocycles. The number of nitrogens with one attached hydrogen (secondary N) is 1. The van der Waals surface area contributed by atoms with Crippen molar-refractivity contribution in [2.75, 3.05) is 11.9 Å². The molecule has 7 nitrogen and oxygen atoms in total. The first-order valence-corrected chi connectivity index (χ1v) is 8.04. The summed E-state index contributed by atoms with van der Waals surface area (Å²) in [4.78, 5) is 12.8. The highest BCUT2D eigenvalue weighted by Crippen LogP contribution is 2.31. The summed E-state index contributed by atoms with van der Waals surface area (Å²) in [6.45, 7) is 0.647. The van der Waals surface area contributed by atoms with E-state index < -0.39 is 0 Å². The summed E-state index contributed by atoms with van der Waals surface area (Å²) in [6.07, 6.45) is 7.39. The smallest absolute Gasteiger partial charge is 0.158 e. The van der Waals surface area contributed by atoms with Gasteiger partial charge in [-0.25, -0.2) is 15.0 Å². The van der Waals surface area contributed by atoms with E-state index in [1.807, 2.05) is 47.2 Å². The highest BCUT2D eigenvalue weighted by atomic mass is 16.5. The SMILES string of the molecule is N#Cc1cnc(N[C@H]2CCO[C@@H]2c2nccn2-c2ccccc2)cn1. The van der Waals surface area contributed by atoms with Gasteiger partial charge in [-0.15, -0.1) is 0 Å². The topological polar surface area (TPSA) is 88.6 Å². The molecule has 0 unspecified atom stereocenters. The van der Waals surface area contributed by atoms with Gasteiger partial charge in [-0.3, -0.25) is 0 Å². The molecule has 0 radical (unpaired) electrons. The van der Waals surface area contributed by atoms with Gasteiger partial charge in [0, 0.05) is 24.7 Å². The molecule has 1 aliphatic rings. The lowest BCUT2D eigenvalue weighted by atomic mass is 10.1. The van der Waals surface area contributed by atoms with Crippen LogP contribution in [0.25, 0.3) is 5.69 Å². The van der Waals surface area contributed by atoms with E-state index >= 15 is 0 Å². The van der Waals surface area contributed by atoms with Gasteiger partial charge in [-0.05, 0) is 18.6 Å². The third-order valence-electron chi connectivity index (χ3n) is 4.15. The Morgan fingerprint density at radius 1 is 1.16 bits per heavy atom. The molecular weight excluding hydrogens is 316 g/mol. The second-order valence-electron chi connectivity index (χ2n) is 5.72. The van der Waals surface area contributed by atoms with Gasteiger partial charge in [0.15, 0.2) is 5.69 Å². The number of aromatic nitrogens is 4. The first kappa shape index (κ1) is 15.3. The minimum Gasteiger partial charge on any atom is -0.368 e. The zero-order chi connectivity index (χ0) is 17.1. The Labute approximate surface area is 144 Å². The summed E-state index contributed by atoms with van der Waals surface area (Å²) in [6, 6.07) is 12.1. The number of ether oxygens (including phenoxy) is 1. The van der Waals surface area contributed by atoms with Crippen molar-refractivity contribution < 1.29 is 4.74 Å². The number of nitriles is 1. The van der Waals surface area contributed by atoms with Crippen LogP contribution in [0, 0.1) is 11.3 Å². The zero-order valence-electron chi connectivity index (χ0n) is 13.4. The van der Waals surface area contributed by atoms with Gasteiger partial charge in [-0.1, -0.05) is 18.2 Å². The Morgan fingerprint density at radius 2 is 2.04 bits per heavy atom. The van der Waals surface area contributed by atoms with E-state index in [0.717, 1.165) is 17.9 Å². The van der Waals surface area contributed by atoms with E-state index in [-0.39, 0.29) is 12.1 Å². The third kappa shape index (κ3) is 3.07. The van der Waals surface area contributed by atoms with Crippen molar-refractivity contribution in [3.8, 4) is 11.8 Å². The fourth-order valence-electron chi connectivity index (χ4n) is 2.97. The van der Waals surface area contributed by atoms with Gasteiger partial charge in [0.1, 0.15) is 23.8 Å². The van der Waals surface area contributed by atoms with E-state index in [0.29, 0.717) is 18.1 Å². The van der Waals surface area contributed by atoms with Crippen LogP contribution in [0.1, 0.15) is 24.0 Å². The van der Waals surface area contributed by atoms with Gasteiger partial charge in [-0.2, -0.15) is 5.26 Å². The third-order valence-corrected chi connectivity index (χ3v) is 4.15. The van der Waals surface area contributed by atoms with Crippen LogP contribution in [0.4, 0.5) is 5.82 Å². The Balaban J connectivity index is 1.58. The van der Waals surface area contributed by atoms with Crippen molar-refractivity contribution in [3.63, 3.8) is 0 Å². The van der Waals surface area contributed by atoms with Crippen LogP contribution in [0.2, 0.25) is 0 Å². The van der Waals surface area contributed by atoms with E-state index in [4.69, 9.17) is 10.00 Å². The first-order chi connectivity index (χ1) is 12.3. The van der Waals surface area contributed by atoms with Crippen LogP contribution in [0.5, 0.6) is 0 Å². The number of anilines is 1. The van der Waals surface area contributed by atoms with Crippen LogP contribution < -0.4 is 5.32 Å². The molecule has 4 rings (SSSR count). The number of hydrogen-bond acceptors (Lipinski definition) is 6. The monoisotopic (exact) mass is 332 g/mol. The molecule has 0 spiro atoms. The lowest BCUT2D eigenvalue weighted by Crippen LogP contribution is -2.26. The molecule has 0 bridgehead atoms. The average Bonchev–Trinajstić information content (AvgIpc) is 3.32. The quantitative estimate of drug-likeness (QED) is 0.789. The summed E-state index contributed by atoms with van der Waals surface area (Å²) in [7, 11) is 0. The van der Waals surface area contributed by atoms with Crippen molar-refractivity contribution in [1.29, 1.82) is 5.26 Å². The van der Waals surface area contributed by atoms with Gasteiger partial charge in [0.2, 0.25) is 0 Å². The van der Waals surface area contributed by atoms with Gasteiger partial charge >= 0.3 is 0 Å². The molecule has 7 heteroatoms. The number of nitrogens with zero attached hydrogens (tertiary/aromatic N) is 5. The first-order valence-electron chi connectivity index (χ1n) is 8.04. The van der Waals surface area contributed by atoms with Crippen molar-refractivity contribution in [2.45, 2.75) is 18.6 Å². The molecule has 3 aromatic rings. The van der Waals surface area contributed by atoms with Crippen molar-refractivity contribution in [1.82, 2.24) is 19.5 Å². The summed E-state index contributed by atoms with van der Waals surface area (Å²) >= 11 is 0. The maximum absolute atomic E-state index is 8.81. The van der Waals surface area contributed by atoms with Crippen molar-refractivity contribution in [2.24, 2.45) is 0 Å². The minimum atomic E-state index is -0.187. The second-order valence-corrected chi connectivity index (χ2v) is 5.72. The molecule has 1 fully saturated rings. The highest BCUT2D eigenvalue weighted by molar-refractivity contribution is 5.37. The summed E-state index contributed by atoms with van der Waals surface area (Å²) in [5.41, 5.74) is 1.34. The Hall–Kier alpha value is -3.24. The van der Waals surface area contributed by atoms with Crippen molar-refractivity contribution in [3.05, 3.63) is 66.6 Å². The maximum atomic E-state index is 8.81. The lowest BCUT2D eigenvalue weighted by Gasteiger charge is -2.21. The molecular formula is C18H16N6O. The van der Waals surface area contributed by atoms with Crippen LogP contribution in [-0.2, 0) is 4.74 Å². The summed E-state index contributed by atoms with van der Waals surface area (Å²) in [5.74, 6) is 1.47. The number of rotatable bonds is 4. The van der Waals surface area contributed by atoms with Crippen LogP contribution in [-0.4, -0.2) is 32.2 Å². The molecule has 0 saturated carbocycles. The van der Waals surface area contributed by atoms with E-state index in [2.05, 4.69) is 20.3 Å². The molecule has 124 valence electrons. The van der Waals surface area contributed by atoms with E-state index in [9.17, 15) is 0 Å². The molecule has 25 heavy (non-hydrogen) atoms. The lowest BCUT2D eigenvalue weighted by molar-refractivity contribution is 0.0994. The van der Waals surface area contributed by atoms with Crippen LogP contribution in [0.15, 0.2) is 55.1 Å². The molecule has 1 aromatic carbocycles. The minimum absolute atomic E-state index is 0.0343. The number of para-hydroxylation sites is 1. The molecule has 1 aliphatic heterocycles. The molecule has 1 N–H and O–H groups in total. The highest BCUT2D eigenvalue weighted by Gasteiger charge is 2.33. The molecule has 0 aliphatic carbocycles. The van der Waals surface area contributed by atoms with E-state index in [1.165, 1.54) is 6.20 Å². The standard InChI is InChI=1S/C18H16N6O/c19-10-13-11-22-16(12-21-13)23-15-6-9-25-17(15)18-20-7-8-24(18)14-4-2-1-3-5-14/h1-5,7-8,11-12,15,17H,6,9H2,(H,22,23)/t15-,17-/m0/s1. The largest absolute Gasteiger partial charge is 0.368 e. The fraction of sp³-hybridized carbons (Fsp3) is 0.222. The van der Waals surface area contributed by atoms with E-state index in [1.54, 1.807) is 12.4 Å². The molecule has 2 atom stereocenters. The molecule has 1 saturated heterocycles. The summed E-state index contributed by atoms with van der Waals surface area (Å²) < 4.78 is 7.98. The molecule has 0 amide bonds. The molecule has 3 heterocycles. The fourth-order valence-corrected chi connectivity index (χ4v) is 2.97. The number of imidazole rings is 1. The summed E-state index contributed by atoms with van der Waals surface area (Å²) in [5, 5.41) is 12.2. The van der Waals surface area contributed by atoms with Gasteiger partial charge in [0.25, 0.3) is 0 Å². The van der Waals surface area contributed by atoms with Gasteiger partial charge < -0.3 is 14.6 Å². The Kier molecular flexibility index (Phi) is 4.11. The Bertz CT molecular complexity index is 884. The average molecular weight is 332 g/mol. The van der Waals surface area contributed by atoms with Crippen molar-refractivity contribution >= 4 is 5.82 Å². The predicted molar refractivity (Wildman–Crippen MR) is 91.0 cm³/mol. The Morgan fingerprint density at radius 3 is 2.80 bits per heavy atom. The van der Waals surface area contributed by atoms with Gasteiger partial charge in [0.05, 0.1) is 18.4 Å². The zero-order valence-corrected chi connectivity index (χ0v) is 13.4. The normalized spacial score (nSPS) is 19.5. The maximum Gasteiger partial charge on any atom is 0.158 e. The number of hydrogen-bond donors (Lipinski definition) is 1.